The molecule has 0 saturated carbocycles. The second-order valence-electron chi connectivity index (χ2n) is 6.41. The number of amides is 1. The Labute approximate surface area is 161 Å². The molecule has 2 aromatic carbocycles. The number of anilines is 1. The van der Waals surface area contributed by atoms with E-state index in [1.165, 1.54) is 18.2 Å². The van der Waals surface area contributed by atoms with Gasteiger partial charge in [-0.05, 0) is 55.0 Å². The Balaban J connectivity index is 1.87. The van der Waals surface area contributed by atoms with Gasteiger partial charge in [0.25, 0.3) is 5.91 Å². The number of methoxy groups -OCH3 is 1. The van der Waals surface area contributed by atoms with E-state index in [0.717, 1.165) is 11.1 Å². The van der Waals surface area contributed by atoms with Gasteiger partial charge in [0, 0.05) is 17.3 Å². The van der Waals surface area contributed by atoms with Gasteiger partial charge >= 0.3 is 0 Å². The van der Waals surface area contributed by atoms with Crippen LogP contribution in [0.25, 0.3) is 16.9 Å². The summed E-state index contributed by atoms with van der Waals surface area (Å²) < 4.78 is 20.8. The maximum atomic E-state index is 13.5. The number of nitrogens with zero attached hydrogens (tertiary/aromatic N) is 2. The van der Waals surface area contributed by atoms with E-state index < -0.39 is 11.7 Å². The van der Waals surface area contributed by atoms with E-state index in [9.17, 15) is 9.18 Å². The zero-order valence-corrected chi connectivity index (χ0v) is 15.4. The van der Waals surface area contributed by atoms with Gasteiger partial charge < -0.3 is 10.1 Å². The second kappa shape index (κ2) is 7.15. The summed E-state index contributed by atoms with van der Waals surface area (Å²) in [6, 6.07) is 16.9. The Morgan fingerprint density at radius 1 is 1.11 bits per heavy atom. The zero-order chi connectivity index (χ0) is 19.7. The quantitative estimate of drug-likeness (QED) is 0.562. The third kappa shape index (κ3) is 3.20. The van der Waals surface area contributed by atoms with Crippen LogP contribution in [0.5, 0.6) is 5.75 Å². The van der Waals surface area contributed by atoms with Gasteiger partial charge in [-0.15, -0.1) is 0 Å². The van der Waals surface area contributed by atoms with Crippen molar-refractivity contribution in [3.8, 4) is 17.0 Å². The predicted molar refractivity (Wildman–Crippen MR) is 106 cm³/mol. The van der Waals surface area contributed by atoms with E-state index in [2.05, 4.69) is 5.32 Å². The van der Waals surface area contributed by atoms with Crippen molar-refractivity contribution in [1.82, 2.24) is 9.38 Å². The van der Waals surface area contributed by atoms with Crippen LogP contribution in [0.2, 0.25) is 0 Å². The number of para-hydroxylation sites is 1. The number of halogens is 1. The Morgan fingerprint density at radius 3 is 2.71 bits per heavy atom. The Kier molecular flexibility index (Phi) is 4.53. The summed E-state index contributed by atoms with van der Waals surface area (Å²) in [5, 5.41) is 2.89. The maximum Gasteiger partial charge on any atom is 0.256 e. The monoisotopic (exact) mass is 375 g/mol. The molecule has 0 unspecified atom stereocenters. The molecule has 0 aliphatic carbocycles. The molecule has 1 amide bonds. The first-order valence-corrected chi connectivity index (χ1v) is 8.76. The molecule has 1 N–H and O–H groups in total. The van der Waals surface area contributed by atoms with Crippen molar-refractivity contribution >= 4 is 17.4 Å². The van der Waals surface area contributed by atoms with Crippen LogP contribution in [-0.2, 0) is 0 Å². The van der Waals surface area contributed by atoms with Gasteiger partial charge in [-0.2, -0.15) is 0 Å². The Morgan fingerprint density at radius 2 is 1.93 bits per heavy atom. The van der Waals surface area contributed by atoms with Crippen LogP contribution in [0.1, 0.15) is 15.9 Å². The van der Waals surface area contributed by atoms with Crippen molar-refractivity contribution in [1.29, 1.82) is 0 Å². The van der Waals surface area contributed by atoms with E-state index in [1.807, 2.05) is 49.5 Å². The molecule has 0 aliphatic rings. The number of benzene rings is 2. The molecule has 0 aliphatic heterocycles. The highest BCUT2D eigenvalue weighted by atomic mass is 19.1. The third-order valence-corrected chi connectivity index (χ3v) is 4.46. The first-order valence-electron chi connectivity index (χ1n) is 8.76. The van der Waals surface area contributed by atoms with Crippen molar-refractivity contribution in [2.24, 2.45) is 0 Å². The predicted octanol–water partition coefficient (Wildman–Crippen LogP) is 4.71. The number of imidazole rings is 1. The maximum absolute atomic E-state index is 13.5. The number of hydrogen-bond acceptors (Lipinski definition) is 3. The molecule has 2 heterocycles. The highest BCUT2D eigenvalue weighted by molar-refractivity contribution is 6.06. The van der Waals surface area contributed by atoms with Gasteiger partial charge in [0.2, 0.25) is 0 Å². The minimum Gasteiger partial charge on any atom is -0.496 e. The number of fused-ring (bicyclic) bond motifs is 1. The average Bonchev–Trinajstić information content (AvgIpc) is 3.05. The molecule has 2 aromatic heterocycles. The van der Waals surface area contributed by atoms with E-state index in [1.54, 1.807) is 17.6 Å². The third-order valence-electron chi connectivity index (χ3n) is 4.46. The summed E-state index contributed by atoms with van der Waals surface area (Å²) in [5.74, 6) is 0.252. The standard InChI is InChI=1S/C22H18FN3O2/c1-14-10-11-26-19(12-14)24-20(17-8-3-4-9-18(17)28-2)21(26)25-22(27)15-6-5-7-16(23)13-15/h3-13H,1-2H3,(H,25,27). The van der Waals surface area contributed by atoms with Crippen molar-refractivity contribution in [2.45, 2.75) is 6.92 Å². The molecule has 0 bridgehead atoms. The number of rotatable bonds is 4. The lowest BCUT2D eigenvalue weighted by atomic mass is 10.1. The molecule has 5 nitrogen and oxygen atoms in total. The fourth-order valence-electron chi connectivity index (χ4n) is 3.10. The van der Waals surface area contributed by atoms with Gasteiger partial charge in [-0.25, -0.2) is 9.37 Å². The largest absolute Gasteiger partial charge is 0.496 e. The Hall–Kier alpha value is -3.67. The SMILES string of the molecule is COc1ccccc1-c1nc2cc(C)ccn2c1NC(=O)c1cccc(F)c1. The van der Waals surface area contributed by atoms with Gasteiger partial charge in [0.05, 0.1) is 7.11 Å². The lowest BCUT2D eigenvalue weighted by molar-refractivity contribution is 0.102. The molecule has 4 rings (SSSR count). The number of carbonyl (C=O) groups excluding carboxylic acids is 1. The topological polar surface area (TPSA) is 55.6 Å². The van der Waals surface area contributed by atoms with E-state index in [0.29, 0.717) is 22.9 Å². The molecule has 0 saturated heterocycles. The van der Waals surface area contributed by atoms with Crippen LogP contribution in [0.4, 0.5) is 10.2 Å². The van der Waals surface area contributed by atoms with Crippen LogP contribution in [0, 0.1) is 12.7 Å². The van der Waals surface area contributed by atoms with E-state index in [4.69, 9.17) is 9.72 Å². The summed E-state index contributed by atoms with van der Waals surface area (Å²) in [6.45, 7) is 1.97. The van der Waals surface area contributed by atoms with Crippen molar-refractivity contribution in [3.05, 3.63) is 83.8 Å². The normalized spacial score (nSPS) is 10.8. The summed E-state index contributed by atoms with van der Waals surface area (Å²) in [6.07, 6.45) is 1.85. The highest BCUT2D eigenvalue weighted by Crippen LogP contribution is 2.35. The van der Waals surface area contributed by atoms with E-state index in [-0.39, 0.29) is 5.56 Å². The second-order valence-corrected chi connectivity index (χ2v) is 6.41. The number of pyridine rings is 1. The minimum atomic E-state index is -0.466. The van der Waals surface area contributed by atoms with Crippen LogP contribution < -0.4 is 10.1 Å². The molecule has 28 heavy (non-hydrogen) atoms. The molecular weight excluding hydrogens is 357 g/mol. The van der Waals surface area contributed by atoms with Gasteiger partial charge in [0.1, 0.15) is 28.7 Å². The molecule has 0 fully saturated rings. The molecule has 140 valence electrons. The molecule has 4 aromatic rings. The summed E-state index contributed by atoms with van der Waals surface area (Å²) in [4.78, 5) is 17.5. The van der Waals surface area contributed by atoms with Crippen LogP contribution in [0.15, 0.2) is 66.9 Å². The van der Waals surface area contributed by atoms with Gasteiger partial charge in [-0.1, -0.05) is 18.2 Å². The lowest BCUT2D eigenvalue weighted by Gasteiger charge is -2.10. The number of aryl methyl sites for hydroxylation is 1. The highest BCUT2D eigenvalue weighted by Gasteiger charge is 2.20. The van der Waals surface area contributed by atoms with Crippen molar-refractivity contribution < 1.29 is 13.9 Å². The van der Waals surface area contributed by atoms with Crippen LogP contribution in [0.3, 0.4) is 0 Å². The number of hydrogen-bond donors (Lipinski definition) is 1. The summed E-state index contributed by atoms with van der Waals surface area (Å²) in [5.41, 5.74) is 3.30. The van der Waals surface area contributed by atoms with Crippen molar-refractivity contribution in [2.75, 3.05) is 12.4 Å². The van der Waals surface area contributed by atoms with Gasteiger partial charge in [-0.3, -0.25) is 9.20 Å². The fraction of sp³-hybridized carbons (Fsp3) is 0.0909. The molecule has 6 heteroatoms. The smallest absolute Gasteiger partial charge is 0.256 e. The Bertz CT molecular complexity index is 1180. The van der Waals surface area contributed by atoms with E-state index >= 15 is 0 Å². The fourth-order valence-corrected chi connectivity index (χ4v) is 3.10. The average molecular weight is 375 g/mol. The molecular formula is C22H18FN3O2. The molecule has 0 radical (unpaired) electrons. The summed E-state index contributed by atoms with van der Waals surface area (Å²) >= 11 is 0. The van der Waals surface area contributed by atoms with Crippen molar-refractivity contribution in [3.63, 3.8) is 0 Å². The first kappa shape index (κ1) is 17.7. The number of ether oxygens (including phenoxy) is 1. The minimum absolute atomic E-state index is 0.230. The number of aromatic nitrogens is 2. The first-order chi connectivity index (χ1) is 13.6. The number of carbonyl (C=O) groups is 1. The zero-order valence-electron chi connectivity index (χ0n) is 15.4. The van der Waals surface area contributed by atoms with Crippen LogP contribution in [-0.4, -0.2) is 22.4 Å². The van der Waals surface area contributed by atoms with Crippen LogP contribution >= 0.6 is 0 Å². The lowest BCUT2D eigenvalue weighted by Crippen LogP contribution is -2.14. The molecule has 0 atom stereocenters. The van der Waals surface area contributed by atoms with Gasteiger partial charge in [0.15, 0.2) is 0 Å². The summed E-state index contributed by atoms with van der Waals surface area (Å²) in [7, 11) is 1.59. The molecule has 0 spiro atoms. The number of nitrogens with one attached hydrogen (secondary N) is 1.